The normalized spacial score (nSPS) is 19.8. The zero-order valence-electron chi connectivity index (χ0n) is 19.8. The average Bonchev–Trinajstić information content (AvgIpc) is 2.83. The highest BCUT2D eigenvalue weighted by Crippen LogP contribution is 2.35. The maximum Gasteiger partial charge on any atom is 0.270 e. The Labute approximate surface area is 197 Å². The van der Waals surface area contributed by atoms with Gasteiger partial charge in [0.1, 0.15) is 5.82 Å². The second-order valence-corrected chi connectivity index (χ2v) is 8.81. The summed E-state index contributed by atoms with van der Waals surface area (Å²) < 4.78 is 35.5. The monoisotopic (exact) mass is 467 g/mol. The molecule has 0 bridgehead atoms. The Bertz CT molecular complexity index is 1350. The predicted octanol–water partition coefficient (Wildman–Crippen LogP) is 4.43. The second kappa shape index (κ2) is 9.03. The third-order valence-corrected chi connectivity index (χ3v) is 6.73. The zero-order valence-corrected chi connectivity index (χ0v) is 19.8. The van der Waals surface area contributed by atoms with Crippen LogP contribution in [-0.4, -0.2) is 46.7 Å². The van der Waals surface area contributed by atoms with Crippen LogP contribution in [-0.2, 0) is 7.05 Å². The van der Waals surface area contributed by atoms with Crippen LogP contribution in [0.25, 0.3) is 15.9 Å². The molecule has 178 valence electrons. The summed E-state index contributed by atoms with van der Waals surface area (Å²) in [6.45, 7) is 14.4. The van der Waals surface area contributed by atoms with Crippen molar-refractivity contribution in [2.45, 2.75) is 38.9 Å². The summed E-state index contributed by atoms with van der Waals surface area (Å²) in [6, 6.07) is 6.75. The number of halogens is 2. The van der Waals surface area contributed by atoms with Crippen LogP contribution >= 0.6 is 0 Å². The Morgan fingerprint density at radius 2 is 1.88 bits per heavy atom. The first-order valence-corrected chi connectivity index (χ1v) is 11.1. The van der Waals surface area contributed by atoms with Crippen molar-refractivity contribution < 1.29 is 13.5 Å². The van der Waals surface area contributed by atoms with E-state index in [0.29, 0.717) is 29.8 Å². The Morgan fingerprint density at radius 1 is 1.15 bits per heavy atom. The predicted molar refractivity (Wildman–Crippen MR) is 128 cm³/mol. The molecule has 0 aliphatic carbocycles. The summed E-state index contributed by atoms with van der Waals surface area (Å²) in [5, 5.41) is 0. The summed E-state index contributed by atoms with van der Waals surface area (Å²) in [5.41, 5.74) is 2.04. The molecule has 4 rings (SSSR count). The lowest BCUT2D eigenvalue weighted by Gasteiger charge is -2.47. The molecular weight excluding hydrogens is 440 g/mol. The third-order valence-electron chi connectivity index (χ3n) is 6.73. The van der Waals surface area contributed by atoms with E-state index >= 15 is 0 Å². The van der Waals surface area contributed by atoms with Crippen molar-refractivity contribution in [2.75, 3.05) is 25.1 Å². The number of hydrogen-bond donors (Lipinski definition) is 0. The Balaban J connectivity index is 1.69. The molecule has 1 saturated heterocycles. The van der Waals surface area contributed by atoms with Crippen LogP contribution in [0.3, 0.4) is 0 Å². The summed E-state index contributed by atoms with van der Waals surface area (Å²) in [7, 11) is 2.99. The molecule has 34 heavy (non-hydrogen) atoms. The molecule has 1 aromatic carbocycles. The first-order valence-electron chi connectivity index (χ1n) is 11.1. The number of ether oxygens (including phenoxy) is 1. The zero-order chi connectivity index (χ0) is 24.7. The molecule has 3 heterocycles. The van der Waals surface area contributed by atoms with E-state index in [1.807, 2.05) is 20.8 Å². The van der Waals surface area contributed by atoms with Gasteiger partial charge in [0.15, 0.2) is 11.6 Å². The van der Waals surface area contributed by atoms with E-state index in [4.69, 9.17) is 11.3 Å². The van der Waals surface area contributed by atoms with Crippen LogP contribution in [0.2, 0.25) is 0 Å². The molecule has 0 spiro atoms. The number of nitrogens with zero attached hydrogens (tertiary/aromatic N) is 5. The number of fused-ring (bicyclic) bond motifs is 1. The quantitative estimate of drug-likeness (QED) is 0.532. The summed E-state index contributed by atoms with van der Waals surface area (Å²) in [5.74, 6) is -0.972. The van der Waals surface area contributed by atoms with E-state index < -0.39 is 11.6 Å². The number of rotatable bonds is 4. The number of methoxy groups -OCH3 is 1. The minimum Gasteiger partial charge on any atom is -0.494 e. The van der Waals surface area contributed by atoms with Gasteiger partial charge in [-0.15, -0.1) is 4.98 Å². The van der Waals surface area contributed by atoms with Gasteiger partial charge >= 0.3 is 0 Å². The van der Waals surface area contributed by atoms with Gasteiger partial charge in [0.05, 0.1) is 18.3 Å². The number of benzene rings is 1. The average molecular weight is 468 g/mol. The number of aryl methyl sites for hydroxylation is 1. The van der Waals surface area contributed by atoms with Gasteiger partial charge in [-0.2, -0.15) is 0 Å². The van der Waals surface area contributed by atoms with Crippen molar-refractivity contribution in [1.82, 2.24) is 14.5 Å². The summed E-state index contributed by atoms with van der Waals surface area (Å²) >= 11 is 0. The van der Waals surface area contributed by atoms with Gasteiger partial charge in [-0.3, -0.25) is 9.69 Å². The lowest BCUT2D eigenvalue weighted by atomic mass is 9.99. The van der Waals surface area contributed by atoms with Crippen LogP contribution in [0.5, 0.6) is 5.75 Å². The van der Waals surface area contributed by atoms with E-state index in [9.17, 15) is 13.6 Å². The second-order valence-electron chi connectivity index (χ2n) is 8.81. The minimum atomic E-state index is -0.599. The molecule has 1 fully saturated rings. The number of aromatic nitrogens is 2. The van der Waals surface area contributed by atoms with Crippen molar-refractivity contribution in [1.29, 1.82) is 0 Å². The smallest absolute Gasteiger partial charge is 0.270 e. The molecule has 1 aliphatic rings. The van der Waals surface area contributed by atoms with Gasteiger partial charge in [0, 0.05) is 56.0 Å². The molecule has 3 atom stereocenters. The Kier molecular flexibility index (Phi) is 6.28. The summed E-state index contributed by atoms with van der Waals surface area (Å²) in [4.78, 5) is 24.9. The van der Waals surface area contributed by atoms with Crippen molar-refractivity contribution in [3.8, 4) is 5.75 Å². The molecule has 2 aromatic heterocycles. The molecular formula is C25H27F2N5O2. The van der Waals surface area contributed by atoms with Crippen molar-refractivity contribution in [3.05, 3.63) is 69.3 Å². The van der Waals surface area contributed by atoms with E-state index in [1.54, 1.807) is 25.2 Å². The van der Waals surface area contributed by atoms with Crippen LogP contribution in [0.4, 0.5) is 20.3 Å². The molecule has 7 nitrogen and oxygen atoms in total. The van der Waals surface area contributed by atoms with Crippen LogP contribution < -0.4 is 15.2 Å². The number of anilines is 1. The molecule has 9 heteroatoms. The maximum absolute atomic E-state index is 14.8. The topological polar surface area (TPSA) is 55.0 Å². The first-order chi connectivity index (χ1) is 16.2. The molecule has 3 aromatic rings. The first kappa shape index (κ1) is 23.6. The van der Waals surface area contributed by atoms with Gasteiger partial charge in [-0.1, -0.05) is 6.57 Å². The van der Waals surface area contributed by atoms with E-state index in [1.165, 1.54) is 17.7 Å². The van der Waals surface area contributed by atoms with Crippen molar-refractivity contribution in [3.63, 3.8) is 0 Å². The minimum absolute atomic E-state index is 0.0288. The van der Waals surface area contributed by atoms with Crippen molar-refractivity contribution >= 4 is 22.5 Å². The number of pyridine rings is 2. The highest BCUT2D eigenvalue weighted by molar-refractivity contribution is 5.89. The molecule has 0 saturated carbocycles. The molecule has 0 radical (unpaired) electrons. The standard InChI is InChI=1S/C25H27F2N5O2/c1-14-13-32(21-11-24(33)30(5)20-7-8-23(28-4)29-25(20)21)15(2)12-31(14)16(3)17-9-19(27)22(34-6)10-18(17)26/h7-11,14-16H,12-13H2,1-3,5-6H3/t14-,15+,16?/m1/s1. The molecule has 0 N–H and O–H groups in total. The summed E-state index contributed by atoms with van der Waals surface area (Å²) in [6.07, 6.45) is 0. The van der Waals surface area contributed by atoms with E-state index in [0.717, 1.165) is 6.07 Å². The highest BCUT2D eigenvalue weighted by Gasteiger charge is 2.35. The fraction of sp³-hybridized carbons (Fsp3) is 0.400. The van der Waals surface area contributed by atoms with E-state index in [2.05, 4.69) is 19.6 Å². The van der Waals surface area contributed by atoms with Crippen LogP contribution in [0, 0.1) is 18.2 Å². The Hall–Kier alpha value is -3.51. The van der Waals surface area contributed by atoms with Gasteiger partial charge in [-0.05, 0) is 39.0 Å². The van der Waals surface area contributed by atoms with Crippen LogP contribution in [0.1, 0.15) is 32.4 Å². The number of hydrogen-bond acceptors (Lipinski definition) is 5. The highest BCUT2D eigenvalue weighted by atomic mass is 19.1. The Morgan fingerprint density at radius 3 is 2.56 bits per heavy atom. The third kappa shape index (κ3) is 3.99. The fourth-order valence-corrected chi connectivity index (χ4v) is 4.81. The largest absolute Gasteiger partial charge is 0.494 e. The van der Waals surface area contributed by atoms with Gasteiger partial charge < -0.3 is 19.0 Å². The van der Waals surface area contributed by atoms with E-state index in [-0.39, 0.29) is 40.8 Å². The molecule has 0 amide bonds. The fourth-order valence-electron chi connectivity index (χ4n) is 4.81. The lowest BCUT2D eigenvalue weighted by Crippen LogP contribution is -2.57. The van der Waals surface area contributed by atoms with Crippen molar-refractivity contribution in [2.24, 2.45) is 7.05 Å². The number of piperazine rings is 1. The van der Waals surface area contributed by atoms with Gasteiger partial charge in [0.25, 0.3) is 11.4 Å². The molecule has 1 unspecified atom stereocenters. The lowest BCUT2D eigenvalue weighted by molar-refractivity contribution is 0.117. The van der Waals surface area contributed by atoms with Gasteiger partial charge in [-0.25, -0.2) is 8.78 Å². The SMILES string of the molecule is [C-]#[N+]c1ccc2c(n1)c(N1C[C@@H](C)N(C(C)c3cc(F)c(OC)cc3F)C[C@@H]1C)cc(=O)n2C. The van der Waals surface area contributed by atoms with Crippen LogP contribution in [0.15, 0.2) is 35.1 Å². The maximum atomic E-state index is 14.8. The molecule has 1 aliphatic heterocycles. The van der Waals surface area contributed by atoms with Gasteiger partial charge in [0.2, 0.25) is 5.52 Å².